The number of ether oxygens (including phenoxy) is 1. The van der Waals surface area contributed by atoms with E-state index in [-0.39, 0.29) is 16.9 Å². The van der Waals surface area contributed by atoms with E-state index in [0.29, 0.717) is 47.7 Å². The Hall–Kier alpha value is -3.55. The summed E-state index contributed by atoms with van der Waals surface area (Å²) in [4.78, 5) is 26.3. The monoisotopic (exact) mass is 456 g/mol. The van der Waals surface area contributed by atoms with Gasteiger partial charge in [-0.2, -0.15) is 13.2 Å². The van der Waals surface area contributed by atoms with Crippen LogP contribution in [0.25, 0.3) is 0 Å². The molecule has 1 aliphatic carbocycles. The molecule has 33 heavy (non-hydrogen) atoms. The van der Waals surface area contributed by atoms with Crippen LogP contribution in [0.1, 0.15) is 43.2 Å². The van der Waals surface area contributed by atoms with Crippen molar-refractivity contribution in [1.82, 2.24) is 5.32 Å². The standard InChI is InChI=1S/C25H23F3N2O3/c1-14-21(24(32)30-17-9-11-18(33-2)12-10-17)22(23-19(29-14)7-4-8-20(23)31)15-5-3-6-16(13-15)25(26,27)28/h3,5-6,9-13,22,29H,4,7-8H2,1-2H3,(H,30,32)/t22-/m1/s1. The first-order valence-corrected chi connectivity index (χ1v) is 10.6. The zero-order valence-electron chi connectivity index (χ0n) is 18.2. The summed E-state index contributed by atoms with van der Waals surface area (Å²) in [5, 5.41) is 5.96. The molecule has 0 fully saturated rings. The molecule has 1 aliphatic heterocycles. The molecule has 2 aromatic rings. The summed E-state index contributed by atoms with van der Waals surface area (Å²) in [7, 11) is 1.53. The Morgan fingerprint density at radius 3 is 2.52 bits per heavy atom. The molecular formula is C25H23F3N2O3. The quantitative estimate of drug-likeness (QED) is 0.654. The normalized spacial score (nSPS) is 18.6. The highest BCUT2D eigenvalue weighted by Gasteiger charge is 2.39. The second-order valence-corrected chi connectivity index (χ2v) is 8.07. The van der Waals surface area contributed by atoms with E-state index in [4.69, 9.17) is 4.74 Å². The van der Waals surface area contributed by atoms with Crippen molar-refractivity contribution in [2.75, 3.05) is 12.4 Å². The number of allylic oxidation sites excluding steroid dienone is 3. The Kier molecular flexibility index (Phi) is 6.01. The number of carbonyl (C=O) groups excluding carboxylic acids is 2. The number of halogens is 3. The second kappa shape index (κ2) is 8.77. The van der Waals surface area contributed by atoms with Gasteiger partial charge in [0.2, 0.25) is 0 Å². The first kappa shape index (κ1) is 22.6. The molecule has 172 valence electrons. The minimum atomic E-state index is -4.54. The number of benzene rings is 2. The first-order chi connectivity index (χ1) is 15.7. The Labute approximate surface area is 189 Å². The zero-order valence-corrected chi connectivity index (χ0v) is 18.2. The van der Waals surface area contributed by atoms with Crippen LogP contribution < -0.4 is 15.4 Å². The largest absolute Gasteiger partial charge is 0.497 e. The summed E-state index contributed by atoms with van der Waals surface area (Å²) >= 11 is 0. The van der Waals surface area contributed by atoms with Crippen LogP contribution in [0.2, 0.25) is 0 Å². The van der Waals surface area contributed by atoms with E-state index in [2.05, 4.69) is 10.6 Å². The van der Waals surface area contributed by atoms with Crippen molar-refractivity contribution in [3.8, 4) is 5.75 Å². The maximum Gasteiger partial charge on any atom is 0.416 e. The molecule has 0 radical (unpaired) electrons. The smallest absolute Gasteiger partial charge is 0.416 e. The molecule has 0 bridgehead atoms. The molecule has 1 amide bonds. The fourth-order valence-electron chi connectivity index (χ4n) is 4.38. The number of nitrogens with one attached hydrogen (secondary N) is 2. The first-order valence-electron chi connectivity index (χ1n) is 10.6. The van der Waals surface area contributed by atoms with Gasteiger partial charge in [0.15, 0.2) is 5.78 Å². The Bertz CT molecular complexity index is 1160. The highest BCUT2D eigenvalue weighted by molar-refractivity contribution is 6.09. The van der Waals surface area contributed by atoms with Gasteiger partial charge in [0.05, 0.1) is 12.7 Å². The molecule has 4 rings (SSSR count). The fourth-order valence-corrected chi connectivity index (χ4v) is 4.38. The lowest BCUT2D eigenvalue weighted by atomic mass is 9.74. The van der Waals surface area contributed by atoms with Crippen molar-refractivity contribution in [1.29, 1.82) is 0 Å². The lowest BCUT2D eigenvalue weighted by molar-refractivity contribution is -0.137. The predicted octanol–water partition coefficient (Wildman–Crippen LogP) is 5.32. The van der Waals surface area contributed by atoms with Gasteiger partial charge in [-0.05, 0) is 55.7 Å². The van der Waals surface area contributed by atoms with Crippen LogP contribution in [0.4, 0.5) is 18.9 Å². The maximum atomic E-state index is 13.4. The van der Waals surface area contributed by atoms with Crippen LogP contribution in [-0.4, -0.2) is 18.8 Å². The fraction of sp³-hybridized carbons (Fsp3) is 0.280. The van der Waals surface area contributed by atoms with Crippen molar-refractivity contribution >= 4 is 17.4 Å². The number of Topliss-reactive ketones (excluding diaryl/α,β-unsaturated/α-hetero) is 1. The SMILES string of the molecule is COc1ccc(NC(=O)C2=C(C)NC3=C(C(=O)CCC3)[C@@H]2c2cccc(C(F)(F)F)c2)cc1. The number of anilines is 1. The lowest BCUT2D eigenvalue weighted by Gasteiger charge is -2.34. The second-order valence-electron chi connectivity index (χ2n) is 8.07. The molecule has 0 unspecified atom stereocenters. The number of methoxy groups -OCH3 is 1. The molecule has 2 aromatic carbocycles. The predicted molar refractivity (Wildman–Crippen MR) is 118 cm³/mol. The molecule has 0 saturated carbocycles. The van der Waals surface area contributed by atoms with E-state index >= 15 is 0 Å². The van der Waals surface area contributed by atoms with Gasteiger partial charge in [0, 0.05) is 40.6 Å². The van der Waals surface area contributed by atoms with Gasteiger partial charge in [0.25, 0.3) is 5.91 Å². The molecule has 2 N–H and O–H groups in total. The molecular weight excluding hydrogens is 433 g/mol. The van der Waals surface area contributed by atoms with Crippen molar-refractivity contribution in [3.05, 3.63) is 82.2 Å². The lowest BCUT2D eigenvalue weighted by Crippen LogP contribution is -2.35. The van der Waals surface area contributed by atoms with Gasteiger partial charge in [-0.15, -0.1) is 0 Å². The molecule has 1 atom stereocenters. The molecule has 1 heterocycles. The highest BCUT2D eigenvalue weighted by Crippen LogP contribution is 2.43. The number of hydrogen-bond donors (Lipinski definition) is 2. The van der Waals surface area contributed by atoms with Crippen LogP contribution in [0, 0.1) is 0 Å². The van der Waals surface area contributed by atoms with Crippen molar-refractivity contribution < 1.29 is 27.5 Å². The van der Waals surface area contributed by atoms with Crippen LogP contribution >= 0.6 is 0 Å². The summed E-state index contributed by atoms with van der Waals surface area (Å²) in [6.07, 6.45) is -2.99. The number of hydrogen-bond acceptors (Lipinski definition) is 4. The van der Waals surface area contributed by atoms with E-state index in [1.54, 1.807) is 31.2 Å². The van der Waals surface area contributed by atoms with Crippen LogP contribution in [0.3, 0.4) is 0 Å². The number of rotatable bonds is 4. The average Bonchev–Trinajstić information content (AvgIpc) is 2.78. The third-order valence-corrected chi connectivity index (χ3v) is 5.92. The van der Waals surface area contributed by atoms with Gasteiger partial charge in [-0.25, -0.2) is 0 Å². The van der Waals surface area contributed by atoms with Gasteiger partial charge in [0.1, 0.15) is 5.75 Å². The highest BCUT2D eigenvalue weighted by atomic mass is 19.4. The number of alkyl halides is 3. The Balaban J connectivity index is 1.78. The topological polar surface area (TPSA) is 67.4 Å². The van der Waals surface area contributed by atoms with Crippen molar-refractivity contribution in [2.45, 2.75) is 38.3 Å². The van der Waals surface area contributed by atoms with Crippen LogP contribution in [-0.2, 0) is 15.8 Å². The zero-order chi connectivity index (χ0) is 23.8. The Morgan fingerprint density at radius 2 is 1.85 bits per heavy atom. The molecule has 0 saturated heterocycles. The van der Waals surface area contributed by atoms with Gasteiger partial charge in [-0.1, -0.05) is 18.2 Å². The van der Waals surface area contributed by atoms with E-state index in [1.165, 1.54) is 19.2 Å². The van der Waals surface area contributed by atoms with Crippen molar-refractivity contribution in [3.63, 3.8) is 0 Å². The van der Waals surface area contributed by atoms with E-state index < -0.39 is 23.6 Å². The molecule has 2 aliphatic rings. The van der Waals surface area contributed by atoms with Gasteiger partial charge < -0.3 is 15.4 Å². The summed E-state index contributed by atoms with van der Waals surface area (Å²) in [5.41, 5.74) is 1.71. The minimum absolute atomic E-state index is 0.159. The maximum absolute atomic E-state index is 13.4. The van der Waals surface area contributed by atoms with Gasteiger partial charge in [-0.3, -0.25) is 9.59 Å². The average molecular weight is 456 g/mol. The number of carbonyl (C=O) groups is 2. The Morgan fingerprint density at radius 1 is 1.12 bits per heavy atom. The van der Waals surface area contributed by atoms with Gasteiger partial charge >= 0.3 is 6.18 Å². The number of dihydropyridines is 1. The number of ketones is 1. The summed E-state index contributed by atoms with van der Waals surface area (Å²) in [6.45, 7) is 1.70. The minimum Gasteiger partial charge on any atom is -0.497 e. The van der Waals surface area contributed by atoms with E-state index in [1.807, 2.05) is 0 Å². The van der Waals surface area contributed by atoms with Crippen LogP contribution in [0.5, 0.6) is 5.75 Å². The van der Waals surface area contributed by atoms with E-state index in [9.17, 15) is 22.8 Å². The third-order valence-electron chi connectivity index (χ3n) is 5.92. The summed E-state index contributed by atoms with van der Waals surface area (Å²) in [5.74, 6) is -0.923. The van der Waals surface area contributed by atoms with Crippen molar-refractivity contribution in [2.24, 2.45) is 0 Å². The molecule has 0 aromatic heterocycles. The molecule has 0 spiro atoms. The van der Waals surface area contributed by atoms with Crippen LogP contribution in [0.15, 0.2) is 71.1 Å². The summed E-state index contributed by atoms with van der Waals surface area (Å²) < 4.78 is 45.4. The summed E-state index contributed by atoms with van der Waals surface area (Å²) in [6, 6.07) is 11.6. The molecule has 5 nitrogen and oxygen atoms in total. The third kappa shape index (κ3) is 4.51. The molecule has 8 heteroatoms. The van der Waals surface area contributed by atoms with E-state index in [0.717, 1.165) is 12.1 Å². The number of amides is 1.